The number of hydroxylamine groups is 2. The second kappa shape index (κ2) is 8.44. The van der Waals surface area contributed by atoms with Gasteiger partial charge in [-0.3, -0.25) is 9.59 Å². The van der Waals surface area contributed by atoms with E-state index >= 15 is 0 Å². The third-order valence-corrected chi connectivity index (χ3v) is 3.63. The summed E-state index contributed by atoms with van der Waals surface area (Å²) >= 11 is 1.51. The first-order valence-corrected chi connectivity index (χ1v) is 7.82. The van der Waals surface area contributed by atoms with Crippen LogP contribution < -0.4 is 5.32 Å². The molecule has 0 aromatic carbocycles. The summed E-state index contributed by atoms with van der Waals surface area (Å²) in [6, 6.07) is 1.75. The Morgan fingerprint density at radius 2 is 1.91 bits per heavy atom. The van der Waals surface area contributed by atoms with Crippen LogP contribution in [0.3, 0.4) is 0 Å². The van der Waals surface area contributed by atoms with Gasteiger partial charge in [0.1, 0.15) is 0 Å². The second-order valence-corrected chi connectivity index (χ2v) is 5.49. The van der Waals surface area contributed by atoms with Gasteiger partial charge in [-0.2, -0.15) is 0 Å². The summed E-state index contributed by atoms with van der Waals surface area (Å²) in [4.78, 5) is 46.9. The number of carbonyl (C=O) groups excluding carboxylic acids is 3. The molecule has 1 aromatic heterocycles. The van der Waals surface area contributed by atoms with Crippen LogP contribution in [0.5, 0.6) is 0 Å². The van der Waals surface area contributed by atoms with Gasteiger partial charge in [-0.15, -0.1) is 5.06 Å². The van der Waals surface area contributed by atoms with Crippen molar-refractivity contribution in [1.82, 2.24) is 20.3 Å². The molecular weight excluding hydrogens is 308 g/mol. The fourth-order valence-corrected chi connectivity index (χ4v) is 2.39. The Kier molecular flexibility index (Phi) is 6.28. The van der Waals surface area contributed by atoms with Crippen molar-refractivity contribution in [2.75, 3.05) is 18.8 Å². The highest BCUT2D eigenvalue weighted by Crippen LogP contribution is 2.12. The summed E-state index contributed by atoms with van der Waals surface area (Å²) in [5, 5.41) is 4.33. The monoisotopic (exact) mass is 324 g/mol. The first-order chi connectivity index (χ1) is 10.7. The summed E-state index contributed by atoms with van der Waals surface area (Å²) in [6.07, 6.45) is 3.65. The molecule has 0 unspecified atom stereocenters. The summed E-state index contributed by atoms with van der Waals surface area (Å²) in [6.45, 7) is 1.09. The van der Waals surface area contributed by atoms with Crippen molar-refractivity contribution >= 4 is 29.5 Å². The molecule has 2 rings (SSSR count). The Labute approximate surface area is 131 Å². The Balaban J connectivity index is 1.54. The van der Waals surface area contributed by atoms with Crippen LogP contribution in [0.2, 0.25) is 0 Å². The molecule has 9 heteroatoms. The molecule has 0 atom stereocenters. The number of imide groups is 1. The molecule has 1 aliphatic heterocycles. The molecule has 1 aromatic rings. The van der Waals surface area contributed by atoms with Crippen LogP contribution in [0.1, 0.15) is 19.3 Å². The number of amides is 2. The third-order valence-electron chi connectivity index (χ3n) is 2.76. The van der Waals surface area contributed by atoms with Gasteiger partial charge >= 0.3 is 5.97 Å². The van der Waals surface area contributed by atoms with E-state index in [0.717, 1.165) is 5.75 Å². The first kappa shape index (κ1) is 16.4. The van der Waals surface area contributed by atoms with Gasteiger partial charge in [0.05, 0.1) is 6.42 Å². The maximum Gasteiger partial charge on any atom is 0.334 e. The highest BCUT2D eigenvalue weighted by atomic mass is 32.2. The van der Waals surface area contributed by atoms with Crippen LogP contribution in [0.15, 0.2) is 23.6 Å². The molecule has 0 saturated carbocycles. The maximum absolute atomic E-state index is 11.5. The van der Waals surface area contributed by atoms with E-state index in [2.05, 4.69) is 15.3 Å². The topological polar surface area (TPSA) is 101 Å². The van der Waals surface area contributed by atoms with Crippen molar-refractivity contribution in [2.24, 2.45) is 0 Å². The van der Waals surface area contributed by atoms with Gasteiger partial charge in [0, 0.05) is 44.1 Å². The van der Waals surface area contributed by atoms with Crippen LogP contribution in [0, 0.1) is 0 Å². The van der Waals surface area contributed by atoms with E-state index in [-0.39, 0.29) is 19.3 Å². The predicted octanol–water partition coefficient (Wildman–Crippen LogP) is 0.156. The normalized spacial score (nSPS) is 14.5. The Hall–Kier alpha value is -2.00. The Bertz CT molecular complexity index is 524. The number of nitrogens with zero attached hydrogens (tertiary/aromatic N) is 3. The van der Waals surface area contributed by atoms with Crippen molar-refractivity contribution in [2.45, 2.75) is 24.4 Å². The molecular formula is C13H16N4O4S. The van der Waals surface area contributed by atoms with Crippen molar-refractivity contribution in [3.8, 4) is 0 Å². The van der Waals surface area contributed by atoms with E-state index in [1.165, 1.54) is 11.8 Å². The molecule has 1 saturated heterocycles. The minimum Gasteiger partial charge on any atom is -0.330 e. The third kappa shape index (κ3) is 5.08. The highest BCUT2D eigenvalue weighted by Gasteiger charge is 2.32. The van der Waals surface area contributed by atoms with Crippen molar-refractivity contribution in [3.05, 3.63) is 18.5 Å². The number of rotatable bonds is 8. The lowest BCUT2D eigenvalue weighted by Crippen LogP contribution is -2.33. The summed E-state index contributed by atoms with van der Waals surface area (Å²) in [5.41, 5.74) is 0. The average molecular weight is 324 g/mol. The molecule has 0 aliphatic carbocycles. The largest absolute Gasteiger partial charge is 0.334 e. The zero-order valence-electron chi connectivity index (χ0n) is 11.9. The SMILES string of the molecule is O=C(CCNCCSc1ncccn1)ON1C(=O)CCC1=O. The molecule has 1 aliphatic rings. The molecule has 2 heterocycles. The van der Waals surface area contributed by atoms with Crippen molar-refractivity contribution in [3.63, 3.8) is 0 Å². The molecule has 2 amide bonds. The molecule has 1 fully saturated rings. The molecule has 8 nitrogen and oxygen atoms in total. The van der Waals surface area contributed by atoms with Gasteiger partial charge in [0.25, 0.3) is 11.8 Å². The Morgan fingerprint density at radius 3 is 2.59 bits per heavy atom. The minimum absolute atomic E-state index is 0.0869. The van der Waals surface area contributed by atoms with Crippen LogP contribution >= 0.6 is 11.8 Å². The smallest absolute Gasteiger partial charge is 0.330 e. The summed E-state index contributed by atoms with van der Waals surface area (Å²) < 4.78 is 0. The van der Waals surface area contributed by atoms with Gasteiger partial charge in [0.2, 0.25) is 0 Å². The van der Waals surface area contributed by atoms with E-state index in [1.54, 1.807) is 18.5 Å². The molecule has 0 bridgehead atoms. The number of hydrogen-bond donors (Lipinski definition) is 1. The average Bonchev–Trinajstić information content (AvgIpc) is 2.83. The zero-order chi connectivity index (χ0) is 15.8. The molecule has 118 valence electrons. The van der Waals surface area contributed by atoms with Crippen LogP contribution in [0.25, 0.3) is 0 Å². The van der Waals surface area contributed by atoms with E-state index in [9.17, 15) is 14.4 Å². The molecule has 1 N–H and O–H groups in total. The number of thioether (sulfide) groups is 1. The van der Waals surface area contributed by atoms with Crippen LogP contribution in [0.4, 0.5) is 0 Å². The quantitative estimate of drug-likeness (QED) is 0.312. The summed E-state index contributed by atoms with van der Waals surface area (Å²) in [5.74, 6) is -0.770. The maximum atomic E-state index is 11.5. The lowest BCUT2D eigenvalue weighted by atomic mass is 10.4. The second-order valence-electron chi connectivity index (χ2n) is 4.42. The van der Waals surface area contributed by atoms with Crippen molar-refractivity contribution in [1.29, 1.82) is 0 Å². The minimum atomic E-state index is -0.602. The van der Waals surface area contributed by atoms with Gasteiger partial charge in [-0.25, -0.2) is 14.8 Å². The van der Waals surface area contributed by atoms with Gasteiger partial charge in [0.15, 0.2) is 5.16 Å². The number of carbonyl (C=O) groups is 3. The van der Waals surface area contributed by atoms with Crippen LogP contribution in [-0.2, 0) is 19.2 Å². The molecule has 22 heavy (non-hydrogen) atoms. The number of nitrogens with one attached hydrogen (secondary N) is 1. The van der Waals surface area contributed by atoms with E-state index < -0.39 is 17.8 Å². The Morgan fingerprint density at radius 1 is 1.23 bits per heavy atom. The van der Waals surface area contributed by atoms with Gasteiger partial charge in [-0.05, 0) is 6.07 Å². The predicted molar refractivity (Wildman–Crippen MR) is 77.4 cm³/mol. The van der Waals surface area contributed by atoms with E-state index in [4.69, 9.17) is 4.84 Å². The highest BCUT2D eigenvalue weighted by molar-refractivity contribution is 7.99. The lowest BCUT2D eigenvalue weighted by Gasteiger charge is -2.12. The first-order valence-electron chi connectivity index (χ1n) is 6.84. The lowest BCUT2D eigenvalue weighted by molar-refractivity contribution is -0.197. The fourth-order valence-electron chi connectivity index (χ4n) is 1.70. The van der Waals surface area contributed by atoms with Gasteiger partial charge in [-0.1, -0.05) is 11.8 Å². The summed E-state index contributed by atoms with van der Waals surface area (Å²) in [7, 11) is 0. The standard InChI is InChI=1S/C13H16N4O4S/c18-10-2-3-11(19)17(10)21-12(20)4-7-14-8-9-22-13-15-5-1-6-16-13/h1,5-6,14H,2-4,7-9H2. The van der Waals surface area contributed by atoms with E-state index in [0.29, 0.717) is 23.3 Å². The number of hydrogen-bond acceptors (Lipinski definition) is 8. The molecule has 0 spiro atoms. The number of aromatic nitrogens is 2. The van der Waals surface area contributed by atoms with Gasteiger partial charge < -0.3 is 10.2 Å². The van der Waals surface area contributed by atoms with Crippen LogP contribution in [-0.4, -0.2) is 51.7 Å². The van der Waals surface area contributed by atoms with Crippen molar-refractivity contribution < 1.29 is 19.2 Å². The fraction of sp³-hybridized carbons (Fsp3) is 0.462. The zero-order valence-corrected chi connectivity index (χ0v) is 12.7. The van der Waals surface area contributed by atoms with E-state index in [1.807, 2.05) is 0 Å². The molecule has 0 radical (unpaired) electrons.